The molecule has 6 nitrogen and oxygen atoms in total. The summed E-state index contributed by atoms with van der Waals surface area (Å²) in [7, 11) is 0. The molecule has 0 atom stereocenters. The third kappa shape index (κ3) is 5.28. The first-order valence-corrected chi connectivity index (χ1v) is 10.5. The van der Waals surface area contributed by atoms with Gasteiger partial charge in [0.2, 0.25) is 0 Å². The lowest BCUT2D eigenvalue weighted by Crippen LogP contribution is -2.36. The number of amides is 2. The first kappa shape index (κ1) is 20.6. The zero-order chi connectivity index (χ0) is 21.5. The maximum absolute atomic E-state index is 13.0. The number of carbonyl (C=O) groups is 2. The van der Waals surface area contributed by atoms with Crippen LogP contribution in [0.2, 0.25) is 0 Å². The number of carbonyl (C=O) groups excluding carboxylic acids is 2. The number of piperidine rings is 1. The van der Waals surface area contributed by atoms with E-state index in [2.05, 4.69) is 10.3 Å². The van der Waals surface area contributed by atoms with Crippen molar-refractivity contribution in [3.05, 3.63) is 89.7 Å². The Kier molecular flexibility index (Phi) is 6.57. The van der Waals surface area contributed by atoms with Crippen LogP contribution < -0.4 is 10.1 Å². The molecule has 0 aliphatic carbocycles. The van der Waals surface area contributed by atoms with Crippen LogP contribution in [-0.4, -0.2) is 34.8 Å². The molecule has 0 bridgehead atoms. The van der Waals surface area contributed by atoms with E-state index in [1.807, 2.05) is 29.2 Å². The number of nitrogens with zero attached hydrogens (tertiary/aromatic N) is 2. The van der Waals surface area contributed by atoms with Gasteiger partial charge in [-0.2, -0.15) is 0 Å². The van der Waals surface area contributed by atoms with Crippen LogP contribution in [0.4, 0.5) is 5.69 Å². The van der Waals surface area contributed by atoms with E-state index in [4.69, 9.17) is 4.74 Å². The highest BCUT2D eigenvalue weighted by molar-refractivity contribution is 6.09. The molecule has 1 aromatic heterocycles. The smallest absolute Gasteiger partial charge is 0.255 e. The molecular weight excluding hydrogens is 390 g/mol. The van der Waals surface area contributed by atoms with Crippen molar-refractivity contribution in [3.8, 4) is 5.75 Å². The van der Waals surface area contributed by atoms with Gasteiger partial charge in [-0.15, -0.1) is 0 Å². The van der Waals surface area contributed by atoms with E-state index in [1.54, 1.807) is 48.8 Å². The SMILES string of the molecule is O=C(Nc1ccccc1C(=O)N1CCCCC1)c1cccc(OCc2cccnc2)c1. The van der Waals surface area contributed by atoms with E-state index >= 15 is 0 Å². The summed E-state index contributed by atoms with van der Waals surface area (Å²) < 4.78 is 5.79. The van der Waals surface area contributed by atoms with Gasteiger partial charge in [-0.1, -0.05) is 24.3 Å². The lowest BCUT2D eigenvalue weighted by molar-refractivity contribution is 0.0725. The first-order valence-electron chi connectivity index (χ1n) is 10.5. The zero-order valence-corrected chi connectivity index (χ0v) is 17.3. The molecule has 2 aromatic carbocycles. The van der Waals surface area contributed by atoms with Crippen LogP contribution in [0.25, 0.3) is 0 Å². The molecule has 1 fully saturated rings. The molecule has 0 saturated carbocycles. The summed E-state index contributed by atoms with van der Waals surface area (Å²) in [6.07, 6.45) is 6.65. The van der Waals surface area contributed by atoms with Crippen LogP contribution in [0.1, 0.15) is 45.5 Å². The molecule has 2 amide bonds. The molecule has 0 unspecified atom stereocenters. The molecule has 0 radical (unpaired) electrons. The summed E-state index contributed by atoms with van der Waals surface area (Å²) in [5.41, 5.74) is 2.44. The topological polar surface area (TPSA) is 71.5 Å². The van der Waals surface area contributed by atoms with Crippen LogP contribution in [0.3, 0.4) is 0 Å². The Morgan fingerprint density at radius 1 is 0.968 bits per heavy atom. The van der Waals surface area contributed by atoms with E-state index < -0.39 is 0 Å². The van der Waals surface area contributed by atoms with Gasteiger partial charge in [-0.3, -0.25) is 14.6 Å². The van der Waals surface area contributed by atoms with Crippen LogP contribution in [0.5, 0.6) is 5.75 Å². The van der Waals surface area contributed by atoms with Crippen LogP contribution >= 0.6 is 0 Å². The van der Waals surface area contributed by atoms with Crippen molar-refractivity contribution in [1.82, 2.24) is 9.88 Å². The van der Waals surface area contributed by atoms with Gasteiger partial charge < -0.3 is 15.0 Å². The highest BCUT2D eigenvalue weighted by Crippen LogP contribution is 2.22. The zero-order valence-electron chi connectivity index (χ0n) is 17.3. The monoisotopic (exact) mass is 415 g/mol. The van der Waals surface area contributed by atoms with Gasteiger partial charge in [0, 0.05) is 36.6 Å². The number of pyridine rings is 1. The molecule has 158 valence electrons. The fourth-order valence-corrected chi connectivity index (χ4v) is 3.62. The quantitative estimate of drug-likeness (QED) is 0.642. The van der Waals surface area contributed by atoms with E-state index in [1.165, 1.54) is 0 Å². The minimum absolute atomic E-state index is 0.0378. The molecule has 4 rings (SSSR count). The number of likely N-dealkylation sites (tertiary alicyclic amines) is 1. The van der Waals surface area contributed by atoms with E-state index in [0.29, 0.717) is 29.2 Å². The first-order chi connectivity index (χ1) is 15.2. The summed E-state index contributed by atoms with van der Waals surface area (Å²) in [5, 5.41) is 2.90. The Balaban J connectivity index is 1.45. The molecular formula is C25H25N3O3. The Morgan fingerprint density at radius 2 is 1.81 bits per heavy atom. The van der Waals surface area contributed by atoms with Crippen molar-refractivity contribution in [2.24, 2.45) is 0 Å². The summed E-state index contributed by atoms with van der Waals surface area (Å²) in [6.45, 7) is 1.89. The molecule has 2 heterocycles. The summed E-state index contributed by atoms with van der Waals surface area (Å²) in [5.74, 6) is 0.268. The fourth-order valence-electron chi connectivity index (χ4n) is 3.62. The van der Waals surface area contributed by atoms with Crippen molar-refractivity contribution in [3.63, 3.8) is 0 Å². The average Bonchev–Trinajstić information content (AvgIpc) is 2.84. The highest BCUT2D eigenvalue weighted by Gasteiger charge is 2.21. The Bertz CT molecular complexity index is 1050. The number of aromatic nitrogens is 1. The van der Waals surface area contributed by atoms with Crippen molar-refractivity contribution in [1.29, 1.82) is 0 Å². The number of benzene rings is 2. The molecule has 1 aliphatic rings. The van der Waals surface area contributed by atoms with E-state index in [-0.39, 0.29) is 11.8 Å². The maximum atomic E-state index is 13.0. The van der Waals surface area contributed by atoms with Crippen LogP contribution in [0.15, 0.2) is 73.1 Å². The third-order valence-corrected chi connectivity index (χ3v) is 5.27. The van der Waals surface area contributed by atoms with Crippen molar-refractivity contribution >= 4 is 17.5 Å². The van der Waals surface area contributed by atoms with Gasteiger partial charge in [0.25, 0.3) is 11.8 Å². The fraction of sp³-hybridized carbons (Fsp3) is 0.240. The molecule has 1 saturated heterocycles. The standard InChI is InChI=1S/C25H25N3O3/c29-24(20-9-6-10-21(16-20)31-18-19-8-7-13-26-17-19)27-23-12-3-2-11-22(23)25(30)28-14-4-1-5-15-28/h2-3,6-13,16-17H,1,4-5,14-15,18H2,(H,27,29). The second-order valence-electron chi connectivity index (χ2n) is 7.53. The maximum Gasteiger partial charge on any atom is 0.255 e. The number of nitrogens with one attached hydrogen (secondary N) is 1. The lowest BCUT2D eigenvalue weighted by atomic mass is 10.1. The minimum atomic E-state index is -0.286. The average molecular weight is 415 g/mol. The molecule has 31 heavy (non-hydrogen) atoms. The van der Waals surface area contributed by atoms with Gasteiger partial charge in [-0.05, 0) is 55.7 Å². The summed E-state index contributed by atoms with van der Waals surface area (Å²) >= 11 is 0. The van der Waals surface area contributed by atoms with Crippen LogP contribution in [-0.2, 0) is 6.61 Å². The van der Waals surface area contributed by atoms with Gasteiger partial charge in [0.1, 0.15) is 12.4 Å². The van der Waals surface area contributed by atoms with Crippen molar-refractivity contribution in [2.45, 2.75) is 25.9 Å². The lowest BCUT2D eigenvalue weighted by Gasteiger charge is -2.27. The summed E-state index contributed by atoms with van der Waals surface area (Å²) in [4.78, 5) is 31.8. The van der Waals surface area contributed by atoms with Gasteiger partial charge in [0.15, 0.2) is 0 Å². The molecule has 0 spiro atoms. The molecule has 1 N–H and O–H groups in total. The minimum Gasteiger partial charge on any atom is -0.489 e. The predicted octanol–water partition coefficient (Wildman–Crippen LogP) is 4.54. The Hall–Kier alpha value is -3.67. The van der Waals surface area contributed by atoms with Crippen LogP contribution in [0, 0.1) is 0 Å². The van der Waals surface area contributed by atoms with Crippen molar-refractivity contribution in [2.75, 3.05) is 18.4 Å². The normalized spacial score (nSPS) is 13.5. The number of hydrogen-bond acceptors (Lipinski definition) is 4. The number of ether oxygens (including phenoxy) is 1. The molecule has 6 heteroatoms. The second-order valence-corrected chi connectivity index (χ2v) is 7.53. The second kappa shape index (κ2) is 9.89. The van der Waals surface area contributed by atoms with Gasteiger partial charge in [0.05, 0.1) is 11.3 Å². The molecule has 3 aromatic rings. The van der Waals surface area contributed by atoms with E-state index in [9.17, 15) is 9.59 Å². The van der Waals surface area contributed by atoms with E-state index in [0.717, 1.165) is 37.9 Å². The number of hydrogen-bond donors (Lipinski definition) is 1. The third-order valence-electron chi connectivity index (χ3n) is 5.27. The Labute approximate surface area is 181 Å². The Morgan fingerprint density at radius 3 is 2.61 bits per heavy atom. The number of anilines is 1. The molecule has 1 aliphatic heterocycles. The van der Waals surface area contributed by atoms with Gasteiger partial charge in [-0.25, -0.2) is 0 Å². The van der Waals surface area contributed by atoms with Gasteiger partial charge >= 0.3 is 0 Å². The predicted molar refractivity (Wildman–Crippen MR) is 119 cm³/mol. The number of rotatable bonds is 6. The summed E-state index contributed by atoms with van der Waals surface area (Å²) in [6, 6.07) is 17.9. The largest absolute Gasteiger partial charge is 0.489 e. The number of para-hydroxylation sites is 1. The highest BCUT2D eigenvalue weighted by atomic mass is 16.5. The van der Waals surface area contributed by atoms with Crippen molar-refractivity contribution < 1.29 is 14.3 Å².